The fourth-order valence-corrected chi connectivity index (χ4v) is 2.75. The molecule has 0 spiro atoms. The topological polar surface area (TPSA) is 32.3 Å². The Labute approximate surface area is 127 Å². The fourth-order valence-electron chi connectivity index (χ4n) is 2.75. The molecular weight excluding hydrogens is 260 g/mol. The average molecular weight is 286 g/mol. The maximum absolute atomic E-state index is 12.2. The van der Waals surface area contributed by atoms with Crippen molar-refractivity contribution in [3.63, 3.8) is 0 Å². The van der Waals surface area contributed by atoms with Gasteiger partial charge >= 0.3 is 0 Å². The predicted molar refractivity (Wildman–Crippen MR) is 86.5 cm³/mol. The van der Waals surface area contributed by atoms with Gasteiger partial charge in [0.1, 0.15) is 0 Å². The van der Waals surface area contributed by atoms with Crippen LogP contribution in [-0.4, -0.2) is 29.9 Å². The molecule has 0 saturated heterocycles. The van der Waals surface area contributed by atoms with E-state index in [4.69, 9.17) is 0 Å². The molecule has 0 radical (unpaired) electrons. The quantitative estimate of drug-likeness (QED) is 0.830. The highest BCUT2D eigenvalue weighted by atomic mass is 16.2. The highest BCUT2D eigenvalue weighted by molar-refractivity contribution is 5.92. The minimum absolute atomic E-state index is 0.125. The van der Waals surface area contributed by atoms with E-state index in [-0.39, 0.29) is 5.91 Å². The van der Waals surface area contributed by atoms with Gasteiger partial charge in [-0.3, -0.25) is 9.69 Å². The molecule has 2 saturated carbocycles. The van der Waals surface area contributed by atoms with Gasteiger partial charge in [0.2, 0.25) is 5.91 Å². The largest absolute Gasteiger partial charge is 0.325 e. The van der Waals surface area contributed by atoms with Gasteiger partial charge < -0.3 is 5.32 Å². The lowest BCUT2D eigenvalue weighted by molar-refractivity contribution is -0.117. The van der Waals surface area contributed by atoms with Crippen molar-refractivity contribution in [1.82, 2.24) is 4.90 Å². The SMILES string of the molecule is CC(C)c1ccc(NC(=O)CN(CC2CC2)C2CC2)cc1. The number of amides is 1. The van der Waals surface area contributed by atoms with E-state index in [1.165, 1.54) is 31.2 Å². The molecule has 3 nitrogen and oxygen atoms in total. The highest BCUT2D eigenvalue weighted by Gasteiger charge is 2.34. The van der Waals surface area contributed by atoms with Crippen LogP contribution in [0.2, 0.25) is 0 Å². The van der Waals surface area contributed by atoms with Crippen molar-refractivity contribution < 1.29 is 4.79 Å². The minimum Gasteiger partial charge on any atom is -0.325 e. The van der Waals surface area contributed by atoms with Gasteiger partial charge in [0.15, 0.2) is 0 Å². The first kappa shape index (κ1) is 14.6. The standard InChI is InChI=1S/C18H26N2O/c1-13(2)15-5-7-16(8-6-15)19-18(21)12-20(17-9-10-17)11-14-3-4-14/h5-8,13-14,17H,3-4,9-12H2,1-2H3,(H,19,21). The molecule has 0 unspecified atom stereocenters. The third-order valence-corrected chi connectivity index (χ3v) is 4.46. The van der Waals surface area contributed by atoms with Crippen LogP contribution < -0.4 is 5.32 Å². The number of carbonyl (C=O) groups is 1. The van der Waals surface area contributed by atoms with Crippen LogP contribution in [0.1, 0.15) is 51.0 Å². The number of anilines is 1. The van der Waals surface area contributed by atoms with Crippen molar-refractivity contribution in [2.75, 3.05) is 18.4 Å². The van der Waals surface area contributed by atoms with Gasteiger partial charge in [0.25, 0.3) is 0 Å². The van der Waals surface area contributed by atoms with Gasteiger partial charge in [-0.15, -0.1) is 0 Å². The zero-order valence-electron chi connectivity index (χ0n) is 13.1. The van der Waals surface area contributed by atoms with Crippen LogP contribution in [0.25, 0.3) is 0 Å². The molecule has 0 heterocycles. The lowest BCUT2D eigenvalue weighted by Gasteiger charge is -2.21. The molecule has 0 aromatic heterocycles. The molecule has 0 atom stereocenters. The van der Waals surface area contributed by atoms with E-state index in [9.17, 15) is 4.79 Å². The second-order valence-electron chi connectivity index (χ2n) is 6.93. The number of benzene rings is 1. The smallest absolute Gasteiger partial charge is 0.238 e. The van der Waals surface area contributed by atoms with Gasteiger partial charge in [0, 0.05) is 18.3 Å². The van der Waals surface area contributed by atoms with E-state index >= 15 is 0 Å². The maximum Gasteiger partial charge on any atom is 0.238 e. The number of carbonyl (C=O) groups excluding carboxylic acids is 1. The summed E-state index contributed by atoms with van der Waals surface area (Å²) in [4.78, 5) is 14.6. The van der Waals surface area contributed by atoms with Gasteiger partial charge in [-0.1, -0.05) is 26.0 Å². The molecule has 21 heavy (non-hydrogen) atoms. The van der Waals surface area contributed by atoms with Gasteiger partial charge in [-0.2, -0.15) is 0 Å². The molecule has 2 aliphatic rings. The molecule has 0 bridgehead atoms. The second kappa shape index (κ2) is 6.18. The molecule has 0 aliphatic heterocycles. The van der Waals surface area contributed by atoms with Crippen LogP contribution in [0.5, 0.6) is 0 Å². The van der Waals surface area contributed by atoms with Gasteiger partial charge in [-0.05, 0) is 55.2 Å². The minimum atomic E-state index is 0.125. The Morgan fingerprint density at radius 2 is 1.86 bits per heavy atom. The zero-order valence-corrected chi connectivity index (χ0v) is 13.1. The number of nitrogens with zero attached hydrogens (tertiary/aromatic N) is 1. The first-order valence-corrected chi connectivity index (χ1v) is 8.25. The summed E-state index contributed by atoms with van der Waals surface area (Å²) >= 11 is 0. The summed E-state index contributed by atoms with van der Waals surface area (Å²) in [5.41, 5.74) is 2.22. The van der Waals surface area contributed by atoms with E-state index in [1.54, 1.807) is 0 Å². The maximum atomic E-state index is 12.2. The first-order chi connectivity index (χ1) is 10.1. The molecule has 1 N–H and O–H groups in total. The molecule has 2 aliphatic carbocycles. The first-order valence-electron chi connectivity index (χ1n) is 8.25. The van der Waals surface area contributed by atoms with E-state index in [2.05, 4.69) is 36.2 Å². The Morgan fingerprint density at radius 1 is 1.19 bits per heavy atom. The molecule has 1 aromatic carbocycles. The van der Waals surface area contributed by atoms with Crippen molar-refractivity contribution in [3.8, 4) is 0 Å². The summed E-state index contributed by atoms with van der Waals surface area (Å²) in [6.45, 7) is 6.02. The zero-order chi connectivity index (χ0) is 14.8. The van der Waals surface area contributed by atoms with Crippen molar-refractivity contribution in [1.29, 1.82) is 0 Å². The van der Waals surface area contributed by atoms with Crippen LogP contribution in [0.3, 0.4) is 0 Å². The number of hydrogen-bond donors (Lipinski definition) is 1. The van der Waals surface area contributed by atoms with Crippen molar-refractivity contribution >= 4 is 11.6 Å². The second-order valence-corrected chi connectivity index (χ2v) is 6.93. The summed E-state index contributed by atoms with van der Waals surface area (Å²) in [7, 11) is 0. The Hall–Kier alpha value is -1.35. The highest BCUT2D eigenvalue weighted by Crippen LogP contribution is 2.34. The van der Waals surface area contributed by atoms with Crippen LogP contribution in [0.4, 0.5) is 5.69 Å². The Kier molecular flexibility index (Phi) is 4.29. The molecular formula is C18H26N2O. The number of rotatable bonds is 7. The van der Waals surface area contributed by atoms with Crippen molar-refractivity contribution in [2.24, 2.45) is 5.92 Å². The molecule has 2 fully saturated rings. The van der Waals surface area contributed by atoms with E-state index in [0.29, 0.717) is 18.5 Å². The van der Waals surface area contributed by atoms with E-state index in [0.717, 1.165) is 18.2 Å². The van der Waals surface area contributed by atoms with Crippen LogP contribution in [0.15, 0.2) is 24.3 Å². The fraction of sp³-hybridized carbons (Fsp3) is 0.611. The monoisotopic (exact) mass is 286 g/mol. The summed E-state index contributed by atoms with van der Waals surface area (Å²) in [5, 5.41) is 3.03. The number of hydrogen-bond acceptors (Lipinski definition) is 2. The third-order valence-electron chi connectivity index (χ3n) is 4.46. The van der Waals surface area contributed by atoms with Crippen LogP contribution in [-0.2, 0) is 4.79 Å². The van der Waals surface area contributed by atoms with E-state index in [1.807, 2.05) is 12.1 Å². The van der Waals surface area contributed by atoms with Crippen molar-refractivity contribution in [3.05, 3.63) is 29.8 Å². The average Bonchev–Trinajstić information content (AvgIpc) is 3.32. The summed E-state index contributed by atoms with van der Waals surface area (Å²) in [6.07, 6.45) is 5.23. The summed E-state index contributed by atoms with van der Waals surface area (Å²) < 4.78 is 0. The molecule has 3 rings (SSSR count). The molecule has 1 aromatic rings. The predicted octanol–water partition coefficient (Wildman–Crippen LogP) is 3.62. The lowest BCUT2D eigenvalue weighted by Crippen LogP contribution is -2.36. The Balaban J connectivity index is 1.52. The molecule has 1 amide bonds. The normalized spacial score (nSPS) is 18.3. The lowest BCUT2D eigenvalue weighted by atomic mass is 10.0. The Bertz CT molecular complexity index is 486. The van der Waals surface area contributed by atoms with Crippen LogP contribution in [0, 0.1) is 5.92 Å². The number of nitrogens with one attached hydrogen (secondary N) is 1. The van der Waals surface area contributed by atoms with Gasteiger partial charge in [-0.25, -0.2) is 0 Å². The third kappa shape index (κ3) is 4.31. The van der Waals surface area contributed by atoms with Gasteiger partial charge in [0.05, 0.1) is 6.54 Å². The summed E-state index contributed by atoms with van der Waals surface area (Å²) in [5.74, 6) is 1.50. The van der Waals surface area contributed by atoms with Crippen molar-refractivity contribution in [2.45, 2.75) is 51.5 Å². The van der Waals surface area contributed by atoms with E-state index < -0.39 is 0 Å². The summed E-state index contributed by atoms with van der Waals surface area (Å²) in [6, 6.07) is 8.89. The molecule has 114 valence electrons. The molecule has 3 heteroatoms. The van der Waals surface area contributed by atoms with Crippen LogP contribution >= 0.6 is 0 Å². The Morgan fingerprint density at radius 3 is 2.38 bits per heavy atom.